The van der Waals surface area contributed by atoms with Gasteiger partial charge in [0.05, 0.1) is 0 Å². The molecule has 0 aliphatic heterocycles. The Morgan fingerprint density at radius 3 is 2.14 bits per heavy atom. The van der Waals surface area contributed by atoms with Gasteiger partial charge in [-0.25, -0.2) is 0 Å². The van der Waals surface area contributed by atoms with Crippen LogP contribution in [0.2, 0.25) is 0 Å². The average molecular weight is 301 g/mol. The van der Waals surface area contributed by atoms with Crippen LogP contribution in [0.4, 0.5) is 0 Å². The maximum absolute atomic E-state index is 4.24. The topological polar surface area (TPSA) is 0 Å². The van der Waals surface area contributed by atoms with Crippen LogP contribution < -0.4 is 0 Å². The van der Waals surface area contributed by atoms with Crippen LogP contribution in [0, 0.1) is 11.8 Å². The molecule has 0 bridgehead atoms. The van der Waals surface area contributed by atoms with Gasteiger partial charge in [-0.1, -0.05) is 55.7 Å². The van der Waals surface area contributed by atoms with Crippen molar-refractivity contribution in [2.24, 2.45) is 11.8 Å². The maximum atomic E-state index is 4.24. The molecule has 1 rings (SSSR count). The van der Waals surface area contributed by atoms with Gasteiger partial charge in [-0.05, 0) is 82.8 Å². The zero-order valence-electron chi connectivity index (χ0n) is 15.8. The van der Waals surface area contributed by atoms with Crippen LogP contribution in [0.5, 0.6) is 0 Å². The van der Waals surface area contributed by atoms with Crippen molar-refractivity contribution in [2.45, 2.75) is 80.1 Å². The second-order valence-corrected chi connectivity index (χ2v) is 7.37. The largest absolute Gasteiger partial charge is 0.0999 e. The molecule has 0 aromatic carbocycles. The predicted molar refractivity (Wildman–Crippen MR) is 101 cm³/mol. The van der Waals surface area contributed by atoms with Crippen molar-refractivity contribution in [3.63, 3.8) is 0 Å². The molecule has 0 aromatic heterocycles. The molecule has 0 aromatic rings. The number of allylic oxidation sites excluding steroid dienone is 6. The van der Waals surface area contributed by atoms with Crippen LogP contribution in [0.3, 0.4) is 0 Å². The lowest BCUT2D eigenvalue weighted by molar-refractivity contribution is 0.324. The van der Waals surface area contributed by atoms with E-state index in [-0.39, 0.29) is 0 Å². The van der Waals surface area contributed by atoms with Crippen molar-refractivity contribution in [3.05, 3.63) is 46.6 Å². The Morgan fingerprint density at radius 1 is 1.14 bits per heavy atom. The van der Waals surface area contributed by atoms with Gasteiger partial charge in [-0.15, -0.1) is 0 Å². The number of rotatable bonds is 6. The van der Waals surface area contributed by atoms with E-state index >= 15 is 0 Å². The molecule has 1 atom stereocenters. The van der Waals surface area contributed by atoms with Gasteiger partial charge >= 0.3 is 0 Å². The molecule has 0 spiro atoms. The lowest BCUT2D eigenvalue weighted by Crippen LogP contribution is -2.18. The lowest BCUT2D eigenvalue weighted by atomic mass is 9.74. The Morgan fingerprint density at radius 2 is 1.68 bits per heavy atom. The zero-order valence-corrected chi connectivity index (χ0v) is 15.8. The summed E-state index contributed by atoms with van der Waals surface area (Å²) >= 11 is 0. The highest BCUT2D eigenvalue weighted by molar-refractivity contribution is 5.48. The molecule has 1 aliphatic carbocycles. The highest BCUT2D eigenvalue weighted by Crippen LogP contribution is 2.38. The van der Waals surface area contributed by atoms with E-state index in [1.54, 1.807) is 5.57 Å². The molecule has 1 unspecified atom stereocenters. The van der Waals surface area contributed by atoms with Crippen molar-refractivity contribution in [2.75, 3.05) is 0 Å². The molecule has 0 amide bonds. The highest BCUT2D eigenvalue weighted by atomic mass is 14.3. The molecule has 0 N–H and O–H groups in total. The van der Waals surface area contributed by atoms with Crippen molar-refractivity contribution >= 4 is 0 Å². The van der Waals surface area contributed by atoms with E-state index in [1.165, 1.54) is 66.4 Å². The van der Waals surface area contributed by atoms with E-state index < -0.39 is 0 Å². The van der Waals surface area contributed by atoms with Gasteiger partial charge in [0.1, 0.15) is 0 Å². The Bertz CT molecular complexity index is 474. The summed E-state index contributed by atoms with van der Waals surface area (Å²) < 4.78 is 0. The Kier molecular flexibility index (Phi) is 7.39. The molecule has 1 aliphatic rings. The number of hydrogen-bond acceptors (Lipinski definition) is 0. The van der Waals surface area contributed by atoms with E-state index in [0.717, 1.165) is 5.92 Å². The monoisotopic (exact) mass is 300 g/mol. The second kappa shape index (κ2) is 8.56. The van der Waals surface area contributed by atoms with Crippen molar-refractivity contribution < 1.29 is 0 Å². The van der Waals surface area contributed by atoms with Gasteiger partial charge in [0, 0.05) is 0 Å². The molecule has 0 nitrogen and oxygen atoms in total. The Labute approximate surface area is 139 Å². The van der Waals surface area contributed by atoms with Crippen LogP contribution in [-0.4, -0.2) is 0 Å². The number of hydrogen-bond donors (Lipinski definition) is 0. The standard InChI is InChI=1S/C22H36/c1-9-10-17(5)22(15(2)3)20(8)18(6)19(7)21-13-11-16(4)12-14-21/h19,21H,2,4,9-14H2,1,3,5-8H3/b20-18+,22-17+. The first-order chi connectivity index (χ1) is 10.3. The molecule has 0 radical (unpaired) electrons. The van der Waals surface area contributed by atoms with Crippen molar-refractivity contribution in [3.8, 4) is 0 Å². The summed E-state index contributed by atoms with van der Waals surface area (Å²) in [6, 6.07) is 0. The maximum Gasteiger partial charge on any atom is -0.0200 e. The summed E-state index contributed by atoms with van der Waals surface area (Å²) in [5, 5.41) is 0. The molecule has 0 heteroatoms. The van der Waals surface area contributed by atoms with Crippen LogP contribution in [0.15, 0.2) is 46.6 Å². The Balaban J connectivity index is 3.05. The molecular weight excluding hydrogens is 264 g/mol. The normalized spacial score (nSPS) is 20.4. The fourth-order valence-corrected chi connectivity index (χ4v) is 3.95. The fraction of sp³-hybridized carbons (Fsp3) is 0.636. The summed E-state index contributed by atoms with van der Waals surface area (Å²) in [5.41, 5.74) is 8.61. The molecule has 1 saturated carbocycles. The first-order valence-corrected chi connectivity index (χ1v) is 8.99. The minimum absolute atomic E-state index is 0.664. The van der Waals surface area contributed by atoms with Crippen LogP contribution >= 0.6 is 0 Å². The van der Waals surface area contributed by atoms with Gasteiger partial charge in [0.2, 0.25) is 0 Å². The first-order valence-electron chi connectivity index (χ1n) is 8.99. The smallest absolute Gasteiger partial charge is 0.0200 e. The SMILES string of the molecule is C=C1CCC(C(C)/C(C)=C(C)/C(C(=C)C)=C(\C)CCC)CC1. The summed E-state index contributed by atoms with van der Waals surface area (Å²) in [6.45, 7) is 22.1. The molecule has 22 heavy (non-hydrogen) atoms. The molecule has 0 heterocycles. The molecule has 1 fully saturated rings. The predicted octanol–water partition coefficient (Wildman–Crippen LogP) is 7.40. The molecular formula is C22H36. The van der Waals surface area contributed by atoms with E-state index in [4.69, 9.17) is 0 Å². The van der Waals surface area contributed by atoms with Crippen LogP contribution in [0.1, 0.15) is 80.1 Å². The third-order valence-electron chi connectivity index (χ3n) is 5.57. The molecule has 0 saturated heterocycles. The average Bonchev–Trinajstić information content (AvgIpc) is 2.46. The van der Waals surface area contributed by atoms with E-state index in [2.05, 4.69) is 54.7 Å². The summed E-state index contributed by atoms with van der Waals surface area (Å²) in [5.74, 6) is 1.48. The Hall–Kier alpha value is -1.04. The third kappa shape index (κ3) is 4.73. The summed E-state index contributed by atoms with van der Waals surface area (Å²) in [6.07, 6.45) is 7.44. The first kappa shape index (κ1) is 19.0. The van der Waals surface area contributed by atoms with Gasteiger partial charge in [-0.3, -0.25) is 0 Å². The van der Waals surface area contributed by atoms with Crippen molar-refractivity contribution in [1.82, 2.24) is 0 Å². The van der Waals surface area contributed by atoms with E-state index in [1.807, 2.05) is 0 Å². The summed E-state index contributed by atoms with van der Waals surface area (Å²) in [7, 11) is 0. The third-order valence-corrected chi connectivity index (χ3v) is 5.57. The summed E-state index contributed by atoms with van der Waals surface area (Å²) in [4.78, 5) is 0. The quantitative estimate of drug-likeness (QED) is 0.354. The van der Waals surface area contributed by atoms with Crippen LogP contribution in [-0.2, 0) is 0 Å². The lowest BCUT2D eigenvalue weighted by Gasteiger charge is -2.31. The van der Waals surface area contributed by atoms with Gasteiger partial charge < -0.3 is 0 Å². The second-order valence-electron chi connectivity index (χ2n) is 7.37. The van der Waals surface area contributed by atoms with E-state index in [0.29, 0.717) is 5.92 Å². The van der Waals surface area contributed by atoms with Crippen molar-refractivity contribution in [1.29, 1.82) is 0 Å². The van der Waals surface area contributed by atoms with Gasteiger partial charge in [0.15, 0.2) is 0 Å². The minimum Gasteiger partial charge on any atom is -0.0999 e. The zero-order chi connectivity index (χ0) is 16.9. The minimum atomic E-state index is 0.664. The molecule has 124 valence electrons. The van der Waals surface area contributed by atoms with Gasteiger partial charge in [-0.2, -0.15) is 0 Å². The van der Waals surface area contributed by atoms with E-state index in [9.17, 15) is 0 Å². The fourth-order valence-electron chi connectivity index (χ4n) is 3.95. The highest BCUT2D eigenvalue weighted by Gasteiger charge is 2.24. The van der Waals surface area contributed by atoms with Crippen LogP contribution in [0.25, 0.3) is 0 Å². The van der Waals surface area contributed by atoms with Gasteiger partial charge in [0.25, 0.3) is 0 Å².